The summed E-state index contributed by atoms with van der Waals surface area (Å²) < 4.78 is 7.01. The average Bonchev–Trinajstić information content (AvgIpc) is 3.75. The Morgan fingerprint density at radius 1 is 1.19 bits per heavy atom. The van der Waals surface area contributed by atoms with Crippen molar-refractivity contribution in [2.45, 2.75) is 44.8 Å². The van der Waals surface area contributed by atoms with Crippen molar-refractivity contribution in [2.24, 2.45) is 28.9 Å². The van der Waals surface area contributed by atoms with Crippen molar-refractivity contribution in [1.82, 2.24) is 30.5 Å². The third-order valence-corrected chi connectivity index (χ3v) is 8.30. The minimum Gasteiger partial charge on any atom is -0.497 e. The van der Waals surface area contributed by atoms with E-state index in [0.29, 0.717) is 32.5 Å². The molecule has 2 fully saturated rings. The van der Waals surface area contributed by atoms with Crippen LogP contribution >= 0.6 is 0 Å². The Hall–Kier alpha value is -4.38. The lowest BCUT2D eigenvalue weighted by Crippen LogP contribution is -2.51. The van der Waals surface area contributed by atoms with Crippen LogP contribution in [-0.2, 0) is 29.6 Å². The molecule has 2 aromatic carbocycles. The molecule has 2 aliphatic heterocycles. The number of aryl methyl sites for hydroxylation is 1. The number of likely N-dealkylation sites (tertiary alicyclic amines) is 1. The van der Waals surface area contributed by atoms with Crippen LogP contribution in [0.3, 0.4) is 0 Å². The molecular weight excluding hydrogens is 532 g/mol. The maximum atomic E-state index is 13.9. The number of hydrogen-bond donors (Lipinski definition) is 2. The molecule has 0 aliphatic carbocycles. The number of nitrogens with zero attached hydrogens (tertiary/aromatic N) is 6. The van der Waals surface area contributed by atoms with E-state index in [1.54, 1.807) is 22.9 Å². The van der Waals surface area contributed by atoms with Gasteiger partial charge in [-0.2, -0.15) is 0 Å². The number of carbonyl (C=O) groups is 2. The zero-order valence-electron chi connectivity index (χ0n) is 24.4. The maximum absolute atomic E-state index is 13.9. The fourth-order valence-electron chi connectivity index (χ4n) is 5.94. The number of methoxy groups -OCH3 is 1. The Labute approximate surface area is 245 Å². The van der Waals surface area contributed by atoms with Gasteiger partial charge in [-0.05, 0) is 80.1 Å². The number of rotatable bonds is 10. The molecule has 2 saturated heterocycles. The standard InChI is InChI=1S/C31H38N8O3/c1-20(15-33-19-32-2)24-14-27(34-17-24)31(41)39-18-23(11-21-5-8-25(42-4)9-6-21)13-29(39)30(40)35-16-22-7-10-28-26(12-22)36-37-38(28)3/h5-10,12,15,19,23-24,27,29,34H,2,11,13-14,16-18H2,1,3-4H3,(H,35,40)/b20-15+,33-19-. The van der Waals surface area contributed by atoms with Gasteiger partial charge in [0.25, 0.3) is 0 Å². The quantitative estimate of drug-likeness (QED) is 0.285. The summed E-state index contributed by atoms with van der Waals surface area (Å²) in [5.41, 5.74) is 4.86. The van der Waals surface area contributed by atoms with Gasteiger partial charge in [-0.1, -0.05) is 29.0 Å². The first-order chi connectivity index (χ1) is 20.4. The third kappa shape index (κ3) is 6.57. The largest absolute Gasteiger partial charge is 0.497 e. The van der Waals surface area contributed by atoms with Gasteiger partial charge < -0.3 is 20.3 Å². The first-order valence-electron chi connectivity index (χ1n) is 14.2. The molecule has 2 N–H and O–H groups in total. The van der Waals surface area contributed by atoms with Crippen LogP contribution in [0.2, 0.25) is 0 Å². The molecule has 5 rings (SSSR count). The summed E-state index contributed by atoms with van der Waals surface area (Å²) in [4.78, 5) is 37.0. The van der Waals surface area contributed by atoms with Crippen molar-refractivity contribution < 1.29 is 14.3 Å². The number of benzene rings is 2. The third-order valence-electron chi connectivity index (χ3n) is 8.30. The molecule has 2 aliphatic rings. The van der Waals surface area contributed by atoms with Crippen LogP contribution < -0.4 is 15.4 Å². The number of aliphatic imine (C=N–C) groups is 2. The molecule has 4 atom stereocenters. The molecule has 0 spiro atoms. The summed E-state index contributed by atoms with van der Waals surface area (Å²) in [6.07, 6.45) is 5.20. The van der Waals surface area contributed by atoms with Crippen LogP contribution in [-0.4, -0.2) is 77.0 Å². The van der Waals surface area contributed by atoms with E-state index in [9.17, 15) is 9.59 Å². The van der Waals surface area contributed by atoms with Gasteiger partial charge in [0.2, 0.25) is 11.8 Å². The van der Waals surface area contributed by atoms with Crippen LogP contribution in [0, 0.1) is 11.8 Å². The minimum atomic E-state index is -0.540. The highest BCUT2D eigenvalue weighted by atomic mass is 16.5. The Morgan fingerprint density at radius 2 is 1.98 bits per heavy atom. The Morgan fingerprint density at radius 3 is 2.74 bits per heavy atom. The van der Waals surface area contributed by atoms with E-state index in [1.165, 1.54) is 6.34 Å². The Kier molecular flexibility index (Phi) is 9.06. The number of ether oxygens (including phenoxy) is 1. The molecule has 1 aromatic heterocycles. The van der Waals surface area contributed by atoms with Crippen LogP contribution in [0.1, 0.15) is 30.9 Å². The Balaban J connectivity index is 1.28. The van der Waals surface area contributed by atoms with Gasteiger partial charge in [0, 0.05) is 32.9 Å². The van der Waals surface area contributed by atoms with Gasteiger partial charge in [0.1, 0.15) is 23.6 Å². The van der Waals surface area contributed by atoms with Crippen LogP contribution in [0.15, 0.2) is 64.2 Å². The Bertz CT molecular complexity index is 1500. The van der Waals surface area contributed by atoms with E-state index in [4.69, 9.17) is 4.74 Å². The lowest BCUT2D eigenvalue weighted by molar-refractivity contribution is -0.139. The molecule has 220 valence electrons. The van der Waals surface area contributed by atoms with E-state index >= 15 is 0 Å². The number of amides is 2. The van der Waals surface area contributed by atoms with Crippen molar-refractivity contribution in [3.05, 3.63) is 65.4 Å². The second-order valence-electron chi connectivity index (χ2n) is 11.1. The molecule has 0 bridgehead atoms. The van der Waals surface area contributed by atoms with Crippen LogP contribution in [0.4, 0.5) is 0 Å². The summed E-state index contributed by atoms with van der Waals surface area (Å²) in [7, 11) is 3.49. The lowest BCUT2D eigenvalue weighted by Gasteiger charge is -2.27. The molecular formula is C31H38N8O3. The molecule has 11 heteroatoms. The van der Waals surface area contributed by atoms with Gasteiger partial charge in [0.15, 0.2) is 0 Å². The number of nitrogens with one attached hydrogen (secondary N) is 2. The molecule has 11 nitrogen and oxygen atoms in total. The van der Waals surface area contributed by atoms with Gasteiger partial charge in [-0.15, -0.1) is 5.10 Å². The van der Waals surface area contributed by atoms with E-state index in [-0.39, 0.29) is 29.7 Å². The van der Waals surface area contributed by atoms with Gasteiger partial charge >= 0.3 is 0 Å². The van der Waals surface area contributed by atoms with Crippen LogP contribution in [0.5, 0.6) is 5.75 Å². The summed E-state index contributed by atoms with van der Waals surface area (Å²) in [5.74, 6) is 0.976. The predicted molar refractivity (Wildman–Crippen MR) is 162 cm³/mol. The first-order valence-corrected chi connectivity index (χ1v) is 14.2. The second-order valence-corrected chi connectivity index (χ2v) is 11.1. The highest BCUT2D eigenvalue weighted by Crippen LogP contribution is 2.31. The summed E-state index contributed by atoms with van der Waals surface area (Å²) >= 11 is 0. The van der Waals surface area contributed by atoms with E-state index in [2.05, 4.69) is 37.6 Å². The normalized spacial score (nSPS) is 22.6. The summed E-state index contributed by atoms with van der Waals surface area (Å²) in [6.45, 7) is 6.97. The summed E-state index contributed by atoms with van der Waals surface area (Å²) in [5, 5.41) is 14.7. The van der Waals surface area contributed by atoms with Gasteiger partial charge in [0.05, 0.1) is 18.7 Å². The highest BCUT2D eigenvalue weighted by Gasteiger charge is 2.43. The van der Waals surface area contributed by atoms with Crippen molar-refractivity contribution in [3.63, 3.8) is 0 Å². The van der Waals surface area contributed by atoms with E-state index < -0.39 is 6.04 Å². The van der Waals surface area contributed by atoms with Crippen molar-refractivity contribution >= 4 is 35.9 Å². The molecule has 42 heavy (non-hydrogen) atoms. The van der Waals surface area contributed by atoms with Gasteiger partial charge in [-0.25, -0.2) is 9.67 Å². The second kappa shape index (κ2) is 13.1. The van der Waals surface area contributed by atoms with Crippen molar-refractivity contribution in [2.75, 3.05) is 20.2 Å². The number of hydrogen-bond acceptors (Lipinski definition) is 7. The molecule has 0 radical (unpaired) electrons. The van der Waals surface area contributed by atoms with Crippen molar-refractivity contribution in [3.8, 4) is 5.75 Å². The highest BCUT2D eigenvalue weighted by molar-refractivity contribution is 5.90. The zero-order valence-corrected chi connectivity index (χ0v) is 24.4. The van der Waals surface area contributed by atoms with Gasteiger partial charge in [-0.3, -0.25) is 14.6 Å². The molecule has 3 heterocycles. The minimum absolute atomic E-state index is 0.0279. The monoisotopic (exact) mass is 570 g/mol. The predicted octanol–water partition coefficient (Wildman–Crippen LogP) is 2.66. The summed E-state index contributed by atoms with van der Waals surface area (Å²) in [6, 6.07) is 12.9. The molecule has 4 unspecified atom stereocenters. The SMILES string of the molecule is C=N/C=N\C=C(/C)C1CNC(C(=O)N2CC(Cc3ccc(OC)cc3)CC2C(=O)NCc2ccc3c(c2)nnn3C)C1. The smallest absolute Gasteiger partial charge is 0.243 e. The lowest BCUT2D eigenvalue weighted by atomic mass is 9.96. The average molecular weight is 571 g/mol. The fraction of sp³-hybridized carbons (Fsp3) is 0.419. The fourth-order valence-corrected chi connectivity index (χ4v) is 5.94. The van der Waals surface area contributed by atoms with E-state index in [0.717, 1.165) is 39.9 Å². The zero-order chi connectivity index (χ0) is 29.6. The maximum Gasteiger partial charge on any atom is 0.243 e. The molecule has 3 aromatic rings. The van der Waals surface area contributed by atoms with Crippen molar-refractivity contribution in [1.29, 1.82) is 0 Å². The number of carbonyl (C=O) groups excluding carboxylic acids is 2. The molecule has 0 saturated carbocycles. The number of aromatic nitrogens is 3. The number of fused-ring (bicyclic) bond motifs is 1. The molecule has 2 amide bonds. The first kappa shape index (κ1) is 29.1. The van der Waals surface area contributed by atoms with Crippen LogP contribution in [0.25, 0.3) is 11.0 Å². The van der Waals surface area contributed by atoms with E-state index in [1.807, 2.05) is 56.4 Å². The topological polar surface area (TPSA) is 126 Å².